The molecule has 2 aliphatic carbocycles. The van der Waals surface area contributed by atoms with E-state index < -0.39 is 24.4 Å². The van der Waals surface area contributed by atoms with Gasteiger partial charge in [-0.25, -0.2) is 0 Å². The van der Waals surface area contributed by atoms with Crippen molar-refractivity contribution in [3.05, 3.63) is 0 Å². The number of halogens is 2. The van der Waals surface area contributed by atoms with Crippen molar-refractivity contribution < 1.29 is 20.4 Å². The van der Waals surface area contributed by atoms with E-state index in [9.17, 15) is 0 Å². The molecule has 2 fully saturated rings. The minimum atomic E-state index is -0.441. The predicted molar refractivity (Wildman–Crippen MR) is 92.5 cm³/mol. The Labute approximate surface area is 162 Å². The minimum absolute atomic E-state index is 0. The molecular formula is C14H29Cl2NO4Te. The Bertz CT molecular complexity index is 230. The SMILES string of the molecule is CC#N.Cl.Cl.O[C@@H]1CCCC[C@H]1O.O[C@@H]1CCCC[C@H]1O.[Te]. The molecular weight excluding hydrogens is 445 g/mol. The molecule has 0 aromatic carbocycles. The molecule has 0 aliphatic heterocycles. The second kappa shape index (κ2) is 19.7. The average Bonchev–Trinajstić information content (AvgIpc) is 2.38. The molecule has 2 rings (SSSR count). The summed E-state index contributed by atoms with van der Waals surface area (Å²) in [6.45, 7) is 1.43. The summed E-state index contributed by atoms with van der Waals surface area (Å²) < 4.78 is 0. The number of aliphatic hydroxyl groups is 4. The van der Waals surface area contributed by atoms with Crippen LogP contribution in [0.25, 0.3) is 0 Å². The fourth-order valence-corrected chi connectivity index (χ4v) is 2.18. The molecule has 2 saturated carbocycles. The Hall–Kier alpha value is 0.700. The van der Waals surface area contributed by atoms with E-state index in [1.54, 1.807) is 6.07 Å². The van der Waals surface area contributed by atoms with Crippen LogP contribution in [0.2, 0.25) is 0 Å². The van der Waals surface area contributed by atoms with Crippen LogP contribution in [-0.4, -0.2) is 68.5 Å². The van der Waals surface area contributed by atoms with Gasteiger partial charge in [0.15, 0.2) is 0 Å². The zero-order valence-corrected chi connectivity index (χ0v) is 16.9. The average molecular weight is 474 g/mol. The summed E-state index contributed by atoms with van der Waals surface area (Å²) in [6, 6.07) is 1.75. The van der Waals surface area contributed by atoms with Gasteiger partial charge in [-0.15, -0.1) is 24.8 Å². The van der Waals surface area contributed by atoms with Crippen LogP contribution in [0, 0.1) is 11.3 Å². The van der Waals surface area contributed by atoms with Gasteiger partial charge in [-0.1, -0.05) is 25.7 Å². The number of aliphatic hydroxyl groups excluding tert-OH is 4. The van der Waals surface area contributed by atoms with Gasteiger partial charge in [-0.3, -0.25) is 0 Å². The Morgan fingerprint density at radius 2 is 0.818 bits per heavy atom. The van der Waals surface area contributed by atoms with E-state index in [4.69, 9.17) is 25.7 Å². The van der Waals surface area contributed by atoms with Gasteiger partial charge in [-0.2, -0.15) is 5.26 Å². The van der Waals surface area contributed by atoms with E-state index in [-0.39, 0.29) is 48.5 Å². The van der Waals surface area contributed by atoms with Crippen molar-refractivity contribution in [2.45, 2.75) is 82.7 Å². The first kappa shape index (κ1) is 30.6. The molecule has 0 aromatic heterocycles. The molecule has 0 aromatic rings. The fraction of sp³-hybridized carbons (Fsp3) is 0.929. The molecule has 8 heteroatoms. The van der Waals surface area contributed by atoms with Crippen molar-refractivity contribution in [2.75, 3.05) is 0 Å². The van der Waals surface area contributed by atoms with Crippen LogP contribution >= 0.6 is 24.8 Å². The predicted octanol–water partition coefficient (Wildman–Crippen LogP) is 1.56. The number of hydrogen-bond donors (Lipinski definition) is 4. The van der Waals surface area contributed by atoms with E-state index in [1.807, 2.05) is 0 Å². The maximum atomic E-state index is 8.93. The van der Waals surface area contributed by atoms with Crippen molar-refractivity contribution in [2.24, 2.45) is 0 Å². The molecule has 0 amide bonds. The zero-order chi connectivity index (χ0) is 14.7. The largest absolute Gasteiger partial charge is 0.390 e. The summed E-state index contributed by atoms with van der Waals surface area (Å²) in [5.41, 5.74) is 0. The van der Waals surface area contributed by atoms with E-state index >= 15 is 0 Å². The standard InChI is InChI=1S/2C6H12O2.C2H3N.2ClH.Te/c2*7-5-3-1-2-4-6(5)8;1-2-3;;;/h2*5-8H,1-4H2;1H3;2*1H;/t2*5-,6-;;;;/m11..../s1. The molecule has 0 spiro atoms. The molecule has 0 unspecified atom stereocenters. The molecule has 2 aliphatic rings. The van der Waals surface area contributed by atoms with Crippen molar-refractivity contribution >= 4 is 48.5 Å². The maximum absolute atomic E-state index is 8.93. The summed E-state index contributed by atoms with van der Waals surface area (Å²) in [5, 5.41) is 43.0. The van der Waals surface area contributed by atoms with E-state index in [1.165, 1.54) is 6.92 Å². The topological polar surface area (TPSA) is 105 Å². The Kier molecular flexibility index (Phi) is 27.4. The van der Waals surface area contributed by atoms with Crippen molar-refractivity contribution in [1.29, 1.82) is 5.26 Å². The number of nitriles is 1. The second-order valence-corrected chi connectivity index (χ2v) is 5.06. The van der Waals surface area contributed by atoms with Crippen molar-refractivity contribution in [1.82, 2.24) is 0 Å². The van der Waals surface area contributed by atoms with Crippen LogP contribution in [0.3, 0.4) is 0 Å². The quantitative estimate of drug-likeness (QED) is 0.400. The minimum Gasteiger partial charge on any atom is -0.390 e. The van der Waals surface area contributed by atoms with Gasteiger partial charge in [-0.05, 0) is 25.7 Å². The van der Waals surface area contributed by atoms with Crippen molar-refractivity contribution in [3.8, 4) is 6.07 Å². The number of rotatable bonds is 0. The molecule has 5 nitrogen and oxygen atoms in total. The molecule has 4 N–H and O–H groups in total. The first-order chi connectivity index (χ1) is 9.02. The van der Waals surface area contributed by atoms with Gasteiger partial charge in [0.1, 0.15) is 0 Å². The van der Waals surface area contributed by atoms with Gasteiger partial charge in [0.2, 0.25) is 0 Å². The van der Waals surface area contributed by atoms with Crippen LogP contribution in [0.5, 0.6) is 0 Å². The van der Waals surface area contributed by atoms with Gasteiger partial charge in [0, 0.05) is 30.6 Å². The Morgan fingerprint density at radius 1 is 0.682 bits per heavy atom. The normalized spacial score (nSPS) is 29.3. The monoisotopic (exact) mass is 475 g/mol. The summed E-state index contributed by atoms with van der Waals surface area (Å²) in [6.07, 6.45) is 5.62. The van der Waals surface area contributed by atoms with Crippen LogP contribution in [0.15, 0.2) is 0 Å². The van der Waals surface area contributed by atoms with Gasteiger partial charge in [0.05, 0.1) is 30.5 Å². The third-order valence-corrected chi connectivity index (χ3v) is 3.39. The molecule has 2 radical (unpaired) electrons. The first-order valence-electron chi connectivity index (χ1n) is 7.06. The Balaban J connectivity index is -0.000000112. The fourth-order valence-electron chi connectivity index (χ4n) is 2.18. The first-order valence-corrected chi connectivity index (χ1v) is 7.06. The summed E-state index contributed by atoms with van der Waals surface area (Å²) in [5.74, 6) is 0. The third kappa shape index (κ3) is 15.6. The third-order valence-electron chi connectivity index (χ3n) is 3.39. The molecule has 4 atom stereocenters. The summed E-state index contributed by atoms with van der Waals surface area (Å²) in [7, 11) is 0. The smallest absolute Gasteiger partial charge is 0.0799 e. The molecule has 0 heterocycles. The van der Waals surface area contributed by atoms with E-state index in [0.717, 1.165) is 51.4 Å². The van der Waals surface area contributed by atoms with Gasteiger partial charge >= 0.3 is 0 Å². The van der Waals surface area contributed by atoms with Gasteiger partial charge < -0.3 is 20.4 Å². The van der Waals surface area contributed by atoms with Crippen LogP contribution in [0.1, 0.15) is 58.3 Å². The molecule has 22 heavy (non-hydrogen) atoms. The van der Waals surface area contributed by atoms with Gasteiger partial charge in [0.25, 0.3) is 0 Å². The van der Waals surface area contributed by atoms with Crippen LogP contribution < -0.4 is 0 Å². The summed E-state index contributed by atoms with van der Waals surface area (Å²) in [4.78, 5) is 0. The summed E-state index contributed by atoms with van der Waals surface area (Å²) >= 11 is 0. The zero-order valence-electron chi connectivity index (χ0n) is 12.9. The van der Waals surface area contributed by atoms with Crippen LogP contribution in [-0.2, 0) is 0 Å². The second-order valence-electron chi connectivity index (χ2n) is 5.06. The molecule has 0 bridgehead atoms. The van der Waals surface area contributed by atoms with Crippen LogP contribution in [0.4, 0.5) is 0 Å². The Morgan fingerprint density at radius 3 is 0.909 bits per heavy atom. The van der Waals surface area contributed by atoms with E-state index in [2.05, 4.69) is 0 Å². The molecule has 134 valence electrons. The number of hydrogen-bond acceptors (Lipinski definition) is 5. The van der Waals surface area contributed by atoms with E-state index in [0.29, 0.717) is 0 Å². The maximum Gasteiger partial charge on any atom is 0.0799 e. The molecule has 0 saturated heterocycles. The van der Waals surface area contributed by atoms with Crippen molar-refractivity contribution in [3.63, 3.8) is 0 Å². The number of nitrogens with zero attached hydrogens (tertiary/aromatic N) is 1.